The van der Waals surface area contributed by atoms with Crippen LogP contribution in [0.25, 0.3) is 0 Å². The second kappa shape index (κ2) is 11.9. The van der Waals surface area contributed by atoms with Crippen LogP contribution < -0.4 is 10.0 Å². The van der Waals surface area contributed by atoms with Gasteiger partial charge in [-0.1, -0.05) is 68.4 Å². The lowest BCUT2D eigenvalue weighted by molar-refractivity contribution is -0.142. The molecule has 0 bridgehead atoms. The first-order valence-electron chi connectivity index (χ1n) is 11.0. The Morgan fingerprint density at radius 3 is 2.18 bits per heavy atom. The van der Waals surface area contributed by atoms with Gasteiger partial charge in [-0.05, 0) is 35.1 Å². The maximum Gasteiger partial charge on any atom is 0.243 e. The number of nitrogens with zero attached hydrogens (tertiary/aromatic N) is 1. The van der Waals surface area contributed by atoms with E-state index in [0.29, 0.717) is 6.54 Å². The van der Waals surface area contributed by atoms with Crippen LogP contribution in [0.15, 0.2) is 83.1 Å². The second-order valence-electron chi connectivity index (χ2n) is 8.13. The molecule has 0 saturated carbocycles. The van der Waals surface area contributed by atoms with Gasteiger partial charge < -0.3 is 10.2 Å². The summed E-state index contributed by atoms with van der Waals surface area (Å²) in [7, 11) is -3.86. The summed E-state index contributed by atoms with van der Waals surface area (Å²) in [4.78, 5) is 29.0. The third kappa shape index (κ3) is 6.99. The van der Waals surface area contributed by atoms with Gasteiger partial charge in [-0.15, -0.1) is 11.3 Å². The monoisotopic (exact) mass is 499 g/mol. The minimum Gasteiger partial charge on any atom is -0.350 e. The zero-order chi connectivity index (χ0) is 24.6. The Balaban J connectivity index is 1.78. The second-order valence-corrected chi connectivity index (χ2v) is 10.9. The first-order valence-corrected chi connectivity index (χ1v) is 13.3. The summed E-state index contributed by atoms with van der Waals surface area (Å²) in [6.45, 7) is 3.85. The average molecular weight is 500 g/mol. The molecular weight excluding hydrogens is 470 g/mol. The highest BCUT2D eigenvalue weighted by atomic mass is 32.2. The van der Waals surface area contributed by atoms with Crippen LogP contribution >= 0.6 is 11.3 Å². The number of carbonyl (C=O) groups is 2. The predicted molar refractivity (Wildman–Crippen MR) is 133 cm³/mol. The van der Waals surface area contributed by atoms with Crippen molar-refractivity contribution in [3.63, 3.8) is 0 Å². The van der Waals surface area contributed by atoms with Crippen LogP contribution in [-0.4, -0.2) is 37.7 Å². The largest absolute Gasteiger partial charge is 0.350 e. The normalized spacial score (nSPS) is 12.3. The number of sulfonamides is 1. The standard InChI is InChI=1S/C25H29N3O4S2/c1-19(2)24(25(30)26-16-20-10-5-3-6-11-20)28(18-21-12-9-15-33-21)23(29)17-27-34(31,32)22-13-7-4-8-14-22/h3-15,19,24,27H,16-18H2,1-2H3,(H,26,30)/t24-/m0/s1. The number of rotatable bonds is 11. The molecule has 0 spiro atoms. The molecule has 34 heavy (non-hydrogen) atoms. The molecule has 3 aromatic rings. The van der Waals surface area contributed by atoms with E-state index in [1.165, 1.54) is 28.4 Å². The highest BCUT2D eigenvalue weighted by Gasteiger charge is 2.33. The molecule has 1 aromatic heterocycles. The molecule has 0 aliphatic heterocycles. The van der Waals surface area contributed by atoms with Crippen LogP contribution in [0.1, 0.15) is 24.3 Å². The van der Waals surface area contributed by atoms with Crippen molar-refractivity contribution < 1.29 is 18.0 Å². The molecule has 3 rings (SSSR count). The van der Waals surface area contributed by atoms with Gasteiger partial charge >= 0.3 is 0 Å². The van der Waals surface area contributed by atoms with Gasteiger partial charge in [0.25, 0.3) is 0 Å². The first kappa shape index (κ1) is 25.6. The Labute approximate surface area is 204 Å². The fourth-order valence-electron chi connectivity index (χ4n) is 3.55. The van der Waals surface area contributed by atoms with Crippen molar-refractivity contribution in [3.05, 3.63) is 88.6 Å². The summed E-state index contributed by atoms with van der Waals surface area (Å²) in [5.41, 5.74) is 0.949. The molecule has 180 valence electrons. The van der Waals surface area contributed by atoms with Gasteiger partial charge in [-0.25, -0.2) is 13.1 Å². The molecule has 1 atom stereocenters. The lowest BCUT2D eigenvalue weighted by atomic mass is 10.0. The van der Waals surface area contributed by atoms with Crippen LogP contribution in [0.3, 0.4) is 0 Å². The Morgan fingerprint density at radius 1 is 0.941 bits per heavy atom. The number of hydrogen-bond acceptors (Lipinski definition) is 5. The summed E-state index contributed by atoms with van der Waals surface area (Å²) in [5, 5.41) is 4.82. The Hall–Kier alpha value is -3.01. The van der Waals surface area contributed by atoms with Gasteiger partial charge in [0.05, 0.1) is 18.0 Å². The van der Waals surface area contributed by atoms with Gasteiger partial charge in [0.15, 0.2) is 0 Å². The van der Waals surface area contributed by atoms with Gasteiger partial charge in [-0.3, -0.25) is 9.59 Å². The molecule has 0 saturated heterocycles. The maximum absolute atomic E-state index is 13.3. The van der Waals surface area contributed by atoms with Gasteiger partial charge in [0, 0.05) is 11.4 Å². The zero-order valence-corrected chi connectivity index (χ0v) is 20.8. The van der Waals surface area contributed by atoms with Crippen molar-refractivity contribution in [2.75, 3.05) is 6.54 Å². The fourth-order valence-corrected chi connectivity index (χ4v) is 5.25. The third-order valence-electron chi connectivity index (χ3n) is 5.24. The molecule has 1 heterocycles. The quantitative estimate of drug-likeness (QED) is 0.423. The van der Waals surface area contributed by atoms with Crippen LogP contribution in [-0.2, 0) is 32.7 Å². The topological polar surface area (TPSA) is 95.6 Å². The highest BCUT2D eigenvalue weighted by molar-refractivity contribution is 7.89. The summed E-state index contributed by atoms with van der Waals surface area (Å²) in [5.74, 6) is -0.943. The molecule has 2 N–H and O–H groups in total. The zero-order valence-electron chi connectivity index (χ0n) is 19.2. The van der Waals surface area contributed by atoms with Crippen LogP contribution in [0.4, 0.5) is 0 Å². The Kier molecular flexibility index (Phi) is 8.98. The minimum absolute atomic E-state index is 0.0774. The predicted octanol–water partition coefficient (Wildman–Crippen LogP) is 3.40. The average Bonchev–Trinajstić information content (AvgIpc) is 3.35. The van der Waals surface area contributed by atoms with E-state index in [0.717, 1.165) is 10.4 Å². The molecule has 2 aromatic carbocycles. The van der Waals surface area contributed by atoms with E-state index < -0.39 is 28.5 Å². The molecule has 0 fully saturated rings. The Morgan fingerprint density at radius 2 is 1.59 bits per heavy atom. The van der Waals surface area contributed by atoms with Crippen LogP contribution in [0.5, 0.6) is 0 Å². The molecule has 9 heteroatoms. The van der Waals surface area contributed by atoms with E-state index in [2.05, 4.69) is 10.0 Å². The lowest BCUT2D eigenvalue weighted by Crippen LogP contribution is -2.53. The highest BCUT2D eigenvalue weighted by Crippen LogP contribution is 2.19. The summed E-state index contributed by atoms with van der Waals surface area (Å²) >= 11 is 1.48. The molecule has 0 radical (unpaired) electrons. The van der Waals surface area contributed by atoms with Gasteiger partial charge in [0.1, 0.15) is 6.04 Å². The third-order valence-corrected chi connectivity index (χ3v) is 7.52. The van der Waals surface area contributed by atoms with Crippen molar-refractivity contribution in [1.82, 2.24) is 14.9 Å². The van der Waals surface area contributed by atoms with Crippen molar-refractivity contribution in [3.8, 4) is 0 Å². The fraction of sp³-hybridized carbons (Fsp3) is 0.280. The van der Waals surface area contributed by atoms with E-state index in [9.17, 15) is 18.0 Å². The number of thiophene rings is 1. The smallest absolute Gasteiger partial charge is 0.243 e. The number of nitrogens with one attached hydrogen (secondary N) is 2. The number of amides is 2. The Bertz CT molecular complexity index is 1170. The van der Waals surface area contributed by atoms with Gasteiger partial charge in [0.2, 0.25) is 21.8 Å². The van der Waals surface area contributed by atoms with E-state index in [4.69, 9.17) is 0 Å². The van der Waals surface area contributed by atoms with E-state index in [-0.39, 0.29) is 23.3 Å². The molecule has 0 aliphatic carbocycles. The summed E-state index contributed by atoms with van der Waals surface area (Å²) < 4.78 is 27.6. The van der Waals surface area contributed by atoms with Crippen LogP contribution in [0.2, 0.25) is 0 Å². The number of carbonyl (C=O) groups excluding carboxylic acids is 2. The molecule has 2 amide bonds. The van der Waals surface area contributed by atoms with Crippen molar-refractivity contribution in [2.24, 2.45) is 5.92 Å². The summed E-state index contributed by atoms with van der Waals surface area (Å²) in [6.07, 6.45) is 0. The molecule has 0 aliphatic rings. The van der Waals surface area contributed by atoms with Gasteiger partial charge in [-0.2, -0.15) is 0 Å². The maximum atomic E-state index is 13.3. The number of hydrogen-bond donors (Lipinski definition) is 2. The van der Waals surface area contributed by atoms with E-state index in [1.54, 1.807) is 18.2 Å². The SMILES string of the molecule is CC(C)[C@@H](C(=O)NCc1ccccc1)N(Cc1cccs1)C(=O)CNS(=O)(=O)c1ccccc1. The van der Waals surface area contributed by atoms with E-state index >= 15 is 0 Å². The van der Waals surface area contributed by atoms with Crippen molar-refractivity contribution in [1.29, 1.82) is 0 Å². The molecule has 0 unspecified atom stereocenters. The molecule has 7 nitrogen and oxygen atoms in total. The van der Waals surface area contributed by atoms with Crippen molar-refractivity contribution >= 4 is 33.2 Å². The van der Waals surface area contributed by atoms with Crippen LogP contribution in [0, 0.1) is 5.92 Å². The lowest BCUT2D eigenvalue weighted by Gasteiger charge is -2.33. The summed E-state index contributed by atoms with van der Waals surface area (Å²) in [6, 6.07) is 20.4. The van der Waals surface area contributed by atoms with Crippen molar-refractivity contribution in [2.45, 2.75) is 37.9 Å². The number of benzene rings is 2. The first-order chi connectivity index (χ1) is 16.3. The minimum atomic E-state index is -3.86. The van der Waals surface area contributed by atoms with E-state index in [1.807, 2.05) is 61.7 Å². The molecular formula is C25H29N3O4S2.